The first kappa shape index (κ1) is 10.9. The number of nitrogens with zero attached hydrogens (tertiary/aromatic N) is 1. The van der Waals surface area contributed by atoms with Crippen LogP contribution in [0.1, 0.15) is 25.7 Å². The lowest BCUT2D eigenvalue weighted by molar-refractivity contribution is 0.562. The second-order valence-corrected chi connectivity index (χ2v) is 2.65. The fraction of sp³-hybridized carbons (Fsp3) is 0.500. The van der Waals surface area contributed by atoms with Crippen molar-refractivity contribution in [3.8, 4) is 0 Å². The van der Waals surface area contributed by atoms with Crippen LogP contribution in [0.4, 0.5) is 0 Å². The molecule has 0 aliphatic rings. The van der Waals surface area contributed by atoms with Crippen molar-refractivity contribution in [2.75, 3.05) is 6.54 Å². The van der Waals surface area contributed by atoms with E-state index in [0.29, 0.717) is 6.54 Å². The van der Waals surface area contributed by atoms with Crippen LogP contribution in [0.25, 0.3) is 0 Å². The van der Waals surface area contributed by atoms with Gasteiger partial charge in [0.25, 0.3) is 0 Å². The van der Waals surface area contributed by atoms with Crippen molar-refractivity contribution < 1.29 is 4.79 Å². The third-order valence-electron chi connectivity index (χ3n) is 1.57. The van der Waals surface area contributed by atoms with Gasteiger partial charge in [0.15, 0.2) is 0 Å². The molecule has 0 radical (unpaired) electrons. The molecule has 0 aromatic heterocycles. The molecule has 0 rings (SSSR count). The SMILES string of the molecule is C=CCCC(=C)CCCN=C=O. The van der Waals surface area contributed by atoms with E-state index in [0.717, 1.165) is 25.7 Å². The largest absolute Gasteiger partial charge is 0.234 e. The van der Waals surface area contributed by atoms with Gasteiger partial charge in [0.2, 0.25) is 6.08 Å². The topological polar surface area (TPSA) is 29.4 Å². The molecule has 0 spiro atoms. The van der Waals surface area contributed by atoms with E-state index >= 15 is 0 Å². The predicted octanol–water partition coefficient (Wildman–Crippen LogP) is 2.62. The number of hydrogen-bond acceptors (Lipinski definition) is 2. The smallest absolute Gasteiger partial charge is 0.211 e. The Morgan fingerprint density at radius 1 is 1.50 bits per heavy atom. The molecule has 0 fully saturated rings. The number of hydrogen-bond donors (Lipinski definition) is 0. The summed E-state index contributed by atoms with van der Waals surface area (Å²) in [6, 6.07) is 0. The summed E-state index contributed by atoms with van der Waals surface area (Å²) in [7, 11) is 0. The quantitative estimate of drug-likeness (QED) is 0.247. The molecule has 2 nitrogen and oxygen atoms in total. The molecule has 0 amide bonds. The van der Waals surface area contributed by atoms with Crippen LogP contribution in [0, 0.1) is 0 Å². The maximum atomic E-state index is 9.69. The molecule has 2 heteroatoms. The Hall–Kier alpha value is -1.14. The molecule has 12 heavy (non-hydrogen) atoms. The average Bonchev–Trinajstić information content (AvgIpc) is 2.09. The second kappa shape index (κ2) is 7.96. The highest BCUT2D eigenvalue weighted by molar-refractivity contribution is 5.32. The van der Waals surface area contributed by atoms with Crippen molar-refractivity contribution in [3.63, 3.8) is 0 Å². The van der Waals surface area contributed by atoms with Gasteiger partial charge in [-0.15, -0.1) is 6.58 Å². The van der Waals surface area contributed by atoms with E-state index in [1.54, 1.807) is 0 Å². The minimum Gasteiger partial charge on any atom is -0.211 e. The Balaban J connectivity index is 3.30. The lowest BCUT2D eigenvalue weighted by Gasteiger charge is -2.00. The van der Waals surface area contributed by atoms with E-state index in [1.165, 1.54) is 11.7 Å². The minimum absolute atomic E-state index is 0.566. The molecule has 0 aromatic carbocycles. The second-order valence-electron chi connectivity index (χ2n) is 2.65. The van der Waals surface area contributed by atoms with Crippen LogP contribution in [0.5, 0.6) is 0 Å². The van der Waals surface area contributed by atoms with Crippen LogP contribution < -0.4 is 0 Å². The van der Waals surface area contributed by atoms with E-state index in [4.69, 9.17) is 0 Å². The molecular formula is C10H15NO. The van der Waals surface area contributed by atoms with Crippen LogP contribution in [0.3, 0.4) is 0 Å². The van der Waals surface area contributed by atoms with Crippen LogP contribution in [-0.4, -0.2) is 12.6 Å². The summed E-state index contributed by atoms with van der Waals surface area (Å²) in [4.78, 5) is 13.2. The summed E-state index contributed by atoms with van der Waals surface area (Å²) in [6.07, 6.45) is 7.21. The highest BCUT2D eigenvalue weighted by Crippen LogP contribution is 2.09. The van der Waals surface area contributed by atoms with Gasteiger partial charge >= 0.3 is 0 Å². The highest BCUT2D eigenvalue weighted by Gasteiger charge is 1.92. The standard InChI is InChI=1S/C10H15NO/c1-3-4-6-10(2)7-5-8-11-9-12/h3H,1-2,4-8H2. The van der Waals surface area contributed by atoms with Crippen molar-refractivity contribution in [2.24, 2.45) is 4.99 Å². The Bertz CT molecular complexity index is 190. The Morgan fingerprint density at radius 3 is 2.83 bits per heavy atom. The molecular weight excluding hydrogens is 150 g/mol. The first-order valence-electron chi connectivity index (χ1n) is 4.12. The first-order chi connectivity index (χ1) is 5.81. The normalized spacial score (nSPS) is 8.67. The van der Waals surface area contributed by atoms with Gasteiger partial charge in [-0.05, 0) is 25.7 Å². The van der Waals surface area contributed by atoms with Gasteiger partial charge < -0.3 is 0 Å². The van der Waals surface area contributed by atoms with Gasteiger partial charge in [0.1, 0.15) is 0 Å². The zero-order chi connectivity index (χ0) is 9.23. The molecule has 0 unspecified atom stereocenters. The van der Waals surface area contributed by atoms with E-state index in [-0.39, 0.29) is 0 Å². The summed E-state index contributed by atoms with van der Waals surface area (Å²) in [5.41, 5.74) is 1.20. The fourth-order valence-corrected chi connectivity index (χ4v) is 0.885. The lowest BCUT2D eigenvalue weighted by atomic mass is 10.1. The van der Waals surface area contributed by atoms with Gasteiger partial charge in [-0.2, -0.15) is 0 Å². The number of aliphatic imine (C=N–C) groups is 1. The van der Waals surface area contributed by atoms with Gasteiger partial charge in [-0.3, -0.25) is 0 Å². The Kier molecular flexibility index (Phi) is 7.21. The molecule has 0 N–H and O–H groups in total. The van der Waals surface area contributed by atoms with Crippen LogP contribution >= 0.6 is 0 Å². The molecule has 0 aromatic rings. The third-order valence-corrected chi connectivity index (χ3v) is 1.57. The number of rotatable bonds is 7. The molecule has 0 aliphatic heterocycles. The lowest BCUT2D eigenvalue weighted by Crippen LogP contribution is -1.85. The van der Waals surface area contributed by atoms with Crippen LogP contribution in [-0.2, 0) is 4.79 Å². The maximum absolute atomic E-state index is 9.69. The average molecular weight is 165 g/mol. The zero-order valence-corrected chi connectivity index (χ0v) is 7.38. The number of carbonyl (C=O) groups excluding carboxylic acids is 1. The summed E-state index contributed by atoms with van der Waals surface area (Å²) in [5, 5.41) is 0. The van der Waals surface area contributed by atoms with Crippen molar-refractivity contribution >= 4 is 6.08 Å². The Morgan fingerprint density at radius 2 is 2.25 bits per heavy atom. The van der Waals surface area contributed by atoms with Crippen molar-refractivity contribution in [1.82, 2.24) is 0 Å². The molecule has 0 aliphatic carbocycles. The minimum atomic E-state index is 0.566. The molecule has 0 atom stereocenters. The van der Waals surface area contributed by atoms with E-state index in [1.807, 2.05) is 6.08 Å². The Labute approximate surface area is 73.7 Å². The summed E-state index contributed by atoms with van der Waals surface area (Å²) < 4.78 is 0. The van der Waals surface area contributed by atoms with E-state index in [9.17, 15) is 4.79 Å². The molecule has 0 bridgehead atoms. The first-order valence-corrected chi connectivity index (χ1v) is 4.12. The maximum Gasteiger partial charge on any atom is 0.234 e. The zero-order valence-electron chi connectivity index (χ0n) is 7.38. The van der Waals surface area contributed by atoms with Crippen LogP contribution in [0.2, 0.25) is 0 Å². The molecule has 0 saturated heterocycles. The van der Waals surface area contributed by atoms with E-state index in [2.05, 4.69) is 18.2 Å². The van der Waals surface area contributed by atoms with Gasteiger partial charge in [0, 0.05) is 0 Å². The summed E-state index contributed by atoms with van der Waals surface area (Å²) in [6.45, 7) is 8.10. The van der Waals surface area contributed by atoms with Gasteiger partial charge in [-0.1, -0.05) is 18.2 Å². The van der Waals surface area contributed by atoms with Gasteiger partial charge in [0.05, 0.1) is 6.54 Å². The van der Waals surface area contributed by atoms with Crippen molar-refractivity contribution in [1.29, 1.82) is 0 Å². The van der Waals surface area contributed by atoms with Crippen molar-refractivity contribution in [2.45, 2.75) is 25.7 Å². The van der Waals surface area contributed by atoms with E-state index < -0.39 is 0 Å². The monoisotopic (exact) mass is 165 g/mol. The number of isocyanates is 1. The molecule has 0 saturated carbocycles. The number of allylic oxidation sites excluding steroid dienone is 2. The molecule has 0 heterocycles. The molecule has 66 valence electrons. The van der Waals surface area contributed by atoms with Crippen LogP contribution in [0.15, 0.2) is 29.8 Å². The summed E-state index contributed by atoms with van der Waals surface area (Å²) in [5.74, 6) is 0. The third kappa shape index (κ3) is 6.97. The fourth-order valence-electron chi connectivity index (χ4n) is 0.885. The predicted molar refractivity (Wildman–Crippen MR) is 50.8 cm³/mol. The summed E-state index contributed by atoms with van der Waals surface area (Å²) >= 11 is 0. The van der Waals surface area contributed by atoms with Crippen molar-refractivity contribution in [3.05, 3.63) is 24.8 Å². The highest BCUT2D eigenvalue weighted by atomic mass is 16.1. The van der Waals surface area contributed by atoms with Gasteiger partial charge in [-0.25, -0.2) is 9.79 Å².